The summed E-state index contributed by atoms with van der Waals surface area (Å²) in [7, 11) is 1.77. The molecule has 1 fully saturated rings. The Morgan fingerprint density at radius 2 is 1.77 bits per heavy atom. The fraction of sp³-hybridized carbons (Fsp3) is 0.556. The highest BCUT2D eigenvalue weighted by Crippen LogP contribution is 2.35. The fourth-order valence-corrected chi connectivity index (χ4v) is 5.53. The number of hydrogen-bond donors (Lipinski definition) is 2. The molecule has 2 aliphatic rings. The van der Waals surface area contributed by atoms with E-state index in [1.54, 1.807) is 16.6 Å². The summed E-state index contributed by atoms with van der Waals surface area (Å²) in [5, 5.41) is 10.5. The summed E-state index contributed by atoms with van der Waals surface area (Å²) >= 11 is 0. The van der Waals surface area contributed by atoms with E-state index in [-0.39, 0.29) is 35.6 Å². The first kappa shape index (κ1) is 24.9. The molecule has 8 heteroatoms. The van der Waals surface area contributed by atoms with Gasteiger partial charge in [-0.05, 0) is 69.1 Å². The van der Waals surface area contributed by atoms with Gasteiger partial charge in [0.25, 0.3) is 0 Å². The van der Waals surface area contributed by atoms with Crippen molar-refractivity contribution >= 4 is 17.7 Å². The Labute approximate surface area is 207 Å². The number of amides is 3. The number of rotatable bonds is 7. The Balaban J connectivity index is 1.76. The highest BCUT2D eigenvalue weighted by Gasteiger charge is 2.50. The van der Waals surface area contributed by atoms with Crippen LogP contribution < -0.4 is 10.6 Å². The van der Waals surface area contributed by atoms with Crippen molar-refractivity contribution in [3.63, 3.8) is 0 Å². The van der Waals surface area contributed by atoms with Gasteiger partial charge in [-0.2, -0.15) is 5.10 Å². The second-order valence-corrected chi connectivity index (χ2v) is 10.7. The second-order valence-electron chi connectivity index (χ2n) is 10.7. The molecule has 8 nitrogen and oxygen atoms in total. The maximum atomic E-state index is 14.2. The largest absolute Gasteiger partial charge is 0.352 e. The lowest BCUT2D eigenvalue weighted by Crippen LogP contribution is -2.67. The predicted molar refractivity (Wildman–Crippen MR) is 133 cm³/mol. The van der Waals surface area contributed by atoms with Crippen LogP contribution in [0.25, 0.3) is 0 Å². The number of benzene rings is 1. The van der Waals surface area contributed by atoms with Crippen molar-refractivity contribution in [1.29, 1.82) is 0 Å². The summed E-state index contributed by atoms with van der Waals surface area (Å²) < 4.78 is 1.65. The van der Waals surface area contributed by atoms with E-state index in [0.717, 1.165) is 18.5 Å². The lowest BCUT2D eigenvalue weighted by molar-refractivity contribution is -0.158. The number of aromatic nitrogens is 2. The third-order valence-electron chi connectivity index (χ3n) is 6.98. The van der Waals surface area contributed by atoms with E-state index in [1.165, 1.54) is 11.1 Å². The van der Waals surface area contributed by atoms with Crippen LogP contribution in [0.1, 0.15) is 62.7 Å². The average molecular weight is 480 g/mol. The summed E-state index contributed by atoms with van der Waals surface area (Å²) in [4.78, 5) is 42.9. The van der Waals surface area contributed by atoms with Gasteiger partial charge < -0.3 is 15.5 Å². The van der Waals surface area contributed by atoms with Gasteiger partial charge in [0.05, 0.1) is 11.4 Å². The molecule has 1 aromatic carbocycles. The molecule has 3 atom stereocenters. The van der Waals surface area contributed by atoms with Crippen LogP contribution >= 0.6 is 0 Å². The lowest BCUT2D eigenvalue weighted by Gasteiger charge is -2.44. The molecule has 3 amide bonds. The van der Waals surface area contributed by atoms with E-state index in [9.17, 15) is 14.4 Å². The zero-order valence-corrected chi connectivity index (χ0v) is 21.5. The van der Waals surface area contributed by atoms with E-state index in [4.69, 9.17) is 0 Å². The van der Waals surface area contributed by atoms with Gasteiger partial charge in [-0.3, -0.25) is 19.1 Å². The molecular formula is C27H37N5O3. The van der Waals surface area contributed by atoms with Crippen molar-refractivity contribution in [2.45, 2.75) is 78.0 Å². The predicted octanol–water partition coefficient (Wildman–Crippen LogP) is 2.45. The molecule has 1 aliphatic heterocycles. The molecule has 0 spiro atoms. The van der Waals surface area contributed by atoms with Gasteiger partial charge in [0.2, 0.25) is 17.7 Å². The molecule has 35 heavy (non-hydrogen) atoms. The number of fused-ring (bicyclic) bond motifs is 1. The minimum Gasteiger partial charge on any atom is -0.352 e. The SMILES string of the molecule is Cc1cc([C@H](C(=O)NC(C)C)N2C(=O)C(C3Cc4ccccc4C3)NC(=O)[C@H]2CC(C)C)n(C)n1. The third kappa shape index (κ3) is 4.97. The molecule has 1 saturated heterocycles. The van der Waals surface area contributed by atoms with Gasteiger partial charge in [-0.25, -0.2) is 0 Å². The van der Waals surface area contributed by atoms with Crippen molar-refractivity contribution < 1.29 is 14.4 Å². The number of nitrogens with one attached hydrogen (secondary N) is 2. The molecular weight excluding hydrogens is 442 g/mol. The average Bonchev–Trinajstić information content (AvgIpc) is 3.34. The van der Waals surface area contributed by atoms with E-state index in [2.05, 4.69) is 27.9 Å². The topological polar surface area (TPSA) is 96.3 Å². The van der Waals surface area contributed by atoms with Crippen LogP contribution in [0.15, 0.2) is 30.3 Å². The summed E-state index contributed by atoms with van der Waals surface area (Å²) in [6.07, 6.45) is 1.92. The lowest BCUT2D eigenvalue weighted by atomic mass is 9.88. The molecule has 2 N–H and O–H groups in total. The third-order valence-corrected chi connectivity index (χ3v) is 6.98. The number of aryl methyl sites for hydroxylation is 2. The minimum atomic E-state index is -0.947. The monoisotopic (exact) mass is 479 g/mol. The van der Waals surface area contributed by atoms with Crippen molar-refractivity contribution in [1.82, 2.24) is 25.3 Å². The van der Waals surface area contributed by atoms with Crippen LogP contribution in [0.5, 0.6) is 0 Å². The summed E-state index contributed by atoms with van der Waals surface area (Å²) in [6, 6.07) is 7.53. The molecule has 188 valence electrons. The summed E-state index contributed by atoms with van der Waals surface area (Å²) in [5.74, 6) is -0.576. The van der Waals surface area contributed by atoms with Gasteiger partial charge in [-0.1, -0.05) is 38.1 Å². The second kappa shape index (κ2) is 9.84. The first-order valence-corrected chi connectivity index (χ1v) is 12.6. The highest BCUT2D eigenvalue weighted by atomic mass is 16.2. The Morgan fingerprint density at radius 3 is 2.29 bits per heavy atom. The molecule has 2 aromatic rings. The van der Waals surface area contributed by atoms with Crippen LogP contribution in [-0.4, -0.2) is 50.5 Å². The van der Waals surface area contributed by atoms with Crippen LogP contribution in [0.4, 0.5) is 0 Å². The van der Waals surface area contributed by atoms with Crippen molar-refractivity contribution in [3.8, 4) is 0 Å². The molecule has 1 unspecified atom stereocenters. The van der Waals surface area contributed by atoms with Gasteiger partial charge in [0, 0.05) is 13.1 Å². The molecule has 0 bridgehead atoms. The fourth-order valence-electron chi connectivity index (χ4n) is 5.53. The standard InChI is InChI=1S/C27H37N5O3/c1-15(2)11-22-25(33)29-23(20-13-18-9-7-8-10-19(18)14-20)27(35)32(22)24(26(34)28-16(3)4)21-12-17(5)30-31(21)6/h7-10,12,15-16,20,22-24H,11,13-14H2,1-6H3,(H,28,34)(H,29,33)/t22-,23?,24-/m1/s1. The van der Waals surface area contributed by atoms with Crippen molar-refractivity contribution in [2.75, 3.05) is 0 Å². The number of piperazine rings is 1. The van der Waals surface area contributed by atoms with Crippen molar-refractivity contribution in [2.24, 2.45) is 18.9 Å². The maximum Gasteiger partial charge on any atom is 0.249 e. The van der Waals surface area contributed by atoms with Gasteiger partial charge >= 0.3 is 0 Å². The van der Waals surface area contributed by atoms with Crippen LogP contribution in [-0.2, 0) is 34.3 Å². The van der Waals surface area contributed by atoms with Gasteiger partial charge in [-0.15, -0.1) is 0 Å². The minimum absolute atomic E-state index is 0.0477. The Kier molecular flexibility index (Phi) is 7.01. The van der Waals surface area contributed by atoms with E-state index < -0.39 is 18.1 Å². The van der Waals surface area contributed by atoms with Crippen molar-refractivity contribution in [3.05, 3.63) is 52.8 Å². The Bertz CT molecular complexity index is 1100. The smallest absolute Gasteiger partial charge is 0.249 e. The van der Waals surface area contributed by atoms with Crippen LogP contribution in [0.2, 0.25) is 0 Å². The van der Waals surface area contributed by atoms with Crippen LogP contribution in [0, 0.1) is 18.8 Å². The van der Waals surface area contributed by atoms with Gasteiger partial charge in [0.1, 0.15) is 12.1 Å². The number of nitrogens with zero attached hydrogens (tertiary/aromatic N) is 3. The highest BCUT2D eigenvalue weighted by molar-refractivity contribution is 6.00. The Morgan fingerprint density at radius 1 is 1.14 bits per heavy atom. The van der Waals surface area contributed by atoms with E-state index in [0.29, 0.717) is 12.1 Å². The van der Waals surface area contributed by atoms with Crippen LogP contribution in [0.3, 0.4) is 0 Å². The number of hydrogen-bond acceptors (Lipinski definition) is 4. The summed E-state index contributed by atoms with van der Waals surface area (Å²) in [6.45, 7) is 9.67. The first-order valence-electron chi connectivity index (χ1n) is 12.6. The maximum absolute atomic E-state index is 14.2. The molecule has 4 rings (SSSR count). The first-order chi connectivity index (χ1) is 16.6. The molecule has 2 heterocycles. The van der Waals surface area contributed by atoms with Gasteiger partial charge in [0.15, 0.2) is 6.04 Å². The molecule has 0 radical (unpaired) electrons. The van der Waals surface area contributed by atoms with E-state index in [1.807, 2.05) is 52.8 Å². The molecule has 0 saturated carbocycles. The quantitative estimate of drug-likeness (QED) is 0.638. The zero-order valence-electron chi connectivity index (χ0n) is 21.5. The number of carbonyl (C=O) groups excluding carboxylic acids is 3. The summed E-state index contributed by atoms with van der Waals surface area (Å²) in [5.41, 5.74) is 3.78. The molecule has 1 aromatic heterocycles. The number of carbonyl (C=O) groups is 3. The Hall–Kier alpha value is -3.16. The molecule has 1 aliphatic carbocycles. The normalized spacial score (nSPS) is 21.4. The zero-order chi connectivity index (χ0) is 25.4. The van der Waals surface area contributed by atoms with E-state index >= 15 is 0 Å².